The third-order valence-corrected chi connectivity index (χ3v) is 5.14. The molecule has 0 amide bonds. The second-order valence-corrected chi connectivity index (χ2v) is 7.54. The van der Waals surface area contributed by atoms with Crippen LogP contribution in [0.25, 0.3) is 0 Å². The van der Waals surface area contributed by atoms with Crippen molar-refractivity contribution < 1.29 is 0 Å². The molecule has 0 bridgehead atoms. The minimum absolute atomic E-state index is 0.765. The van der Waals surface area contributed by atoms with Crippen molar-refractivity contribution in [3.05, 3.63) is 35.4 Å². The number of hydrogen-bond donors (Lipinski definition) is 1. The van der Waals surface area contributed by atoms with Gasteiger partial charge in [0.15, 0.2) is 0 Å². The number of unbranched alkanes of at least 4 members (excludes halogenated alkanes) is 3. The van der Waals surface area contributed by atoms with Gasteiger partial charge in [-0.3, -0.25) is 0 Å². The van der Waals surface area contributed by atoms with Gasteiger partial charge in [0.2, 0.25) is 0 Å². The first-order valence-corrected chi connectivity index (χ1v) is 9.66. The zero-order chi connectivity index (χ0) is 16.5. The largest absolute Gasteiger partial charge is 0.314 e. The normalized spacial score (nSPS) is 21.7. The second-order valence-electron chi connectivity index (χ2n) is 7.54. The van der Waals surface area contributed by atoms with Crippen LogP contribution >= 0.6 is 0 Å². The van der Waals surface area contributed by atoms with Crippen molar-refractivity contribution in [2.45, 2.75) is 76.8 Å². The van der Waals surface area contributed by atoms with Crippen LogP contribution in [-0.2, 0) is 6.54 Å². The molecule has 0 spiro atoms. The predicted octanol–water partition coefficient (Wildman–Crippen LogP) is 4.94. The Balaban J connectivity index is 1.69. The van der Waals surface area contributed by atoms with Gasteiger partial charge in [0.05, 0.1) is 0 Å². The van der Waals surface area contributed by atoms with Crippen molar-refractivity contribution >= 4 is 0 Å². The quantitative estimate of drug-likeness (QED) is 0.649. The van der Waals surface area contributed by atoms with E-state index in [0.717, 1.165) is 18.5 Å². The fraction of sp³-hybridized carbons (Fsp3) is 0.714. The third-order valence-electron chi connectivity index (χ3n) is 5.14. The molecular weight excluding hydrogens is 280 g/mol. The molecule has 1 N–H and O–H groups in total. The van der Waals surface area contributed by atoms with Crippen LogP contribution in [-0.4, -0.2) is 31.6 Å². The Labute approximate surface area is 143 Å². The molecular formula is C21H36N2. The first-order chi connectivity index (χ1) is 11.2. The lowest BCUT2D eigenvalue weighted by atomic mass is 9.81. The van der Waals surface area contributed by atoms with E-state index < -0.39 is 0 Å². The summed E-state index contributed by atoms with van der Waals surface area (Å²) in [6, 6.07) is 10.1. The Morgan fingerprint density at radius 2 is 1.65 bits per heavy atom. The molecule has 0 saturated heterocycles. The van der Waals surface area contributed by atoms with Gasteiger partial charge in [0, 0.05) is 12.6 Å². The topological polar surface area (TPSA) is 15.3 Å². The van der Waals surface area contributed by atoms with Crippen molar-refractivity contribution in [1.82, 2.24) is 10.2 Å². The lowest BCUT2D eigenvalue weighted by molar-refractivity contribution is 0.340. The Morgan fingerprint density at radius 3 is 2.26 bits per heavy atom. The van der Waals surface area contributed by atoms with E-state index in [0.29, 0.717) is 0 Å². The van der Waals surface area contributed by atoms with E-state index in [1.54, 1.807) is 5.56 Å². The van der Waals surface area contributed by atoms with Gasteiger partial charge >= 0.3 is 0 Å². The van der Waals surface area contributed by atoms with Crippen molar-refractivity contribution in [3.8, 4) is 0 Å². The lowest BCUT2D eigenvalue weighted by Gasteiger charge is -2.29. The minimum atomic E-state index is 0.765. The molecule has 1 aromatic carbocycles. The summed E-state index contributed by atoms with van der Waals surface area (Å²) in [5, 5.41) is 3.78. The second kappa shape index (κ2) is 10.1. The Hall–Kier alpha value is -0.860. The molecule has 0 radical (unpaired) electrons. The third kappa shape index (κ3) is 6.64. The van der Waals surface area contributed by atoms with Gasteiger partial charge in [-0.25, -0.2) is 0 Å². The maximum atomic E-state index is 3.78. The summed E-state index contributed by atoms with van der Waals surface area (Å²) in [5.41, 5.74) is 2.97. The van der Waals surface area contributed by atoms with Gasteiger partial charge in [-0.15, -0.1) is 0 Å². The van der Waals surface area contributed by atoms with Crippen LogP contribution in [0.2, 0.25) is 0 Å². The molecule has 1 saturated carbocycles. The Bertz CT molecular complexity index is 416. The monoisotopic (exact) mass is 316 g/mol. The van der Waals surface area contributed by atoms with E-state index >= 15 is 0 Å². The molecule has 0 aliphatic heterocycles. The van der Waals surface area contributed by atoms with Crippen LogP contribution in [0.1, 0.15) is 75.3 Å². The maximum absolute atomic E-state index is 3.78. The van der Waals surface area contributed by atoms with E-state index in [1.165, 1.54) is 63.5 Å². The first kappa shape index (κ1) is 18.5. The highest BCUT2D eigenvalue weighted by Crippen LogP contribution is 2.33. The summed E-state index contributed by atoms with van der Waals surface area (Å²) >= 11 is 0. The summed E-state index contributed by atoms with van der Waals surface area (Å²) in [6.45, 7) is 4.53. The van der Waals surface area contributed by atoms with Crippen molar-refractivity contribution in [2.24, 2.45) is 0 Å². The van der Waals surface area contributed by atoms with Crippen LogP contribution in [0, 0.1) is 0 Å². The van der Waals surface area contributed by atoms with Gasteiger partial charge in [-0.1, -0.05) is 50.5 Å². The fourth-order valence-corrected chi connectivity index (χ4v) is 3.75. The van der Waals surface area contributed by atoms with Crippen LogP contribution < -0.4 is 5.32 Å². The van der Waals surface area contributed by atoms with Gasteiger partial charge in [0.25, 0.3) is 0 Å². The fourth-order valence-electron chi connectivity index (χ4n) is 3.75. The van der Waals surface area contributed by atoms with Crippen LogP contribution in [0.3, 0.4) is 0 Å². The number of nitrogens with one attached hydrogen (secondary N) is 1. The Kier molecular flexibility index (Phi) is 8.11. The standard InChI is InChI=1S/C21H36N2/c1-4-5-6-7-16-22-21-14-12-20(13-15-21)19-10-8-18(9-11-19)17-23(2)3/h8-11,20-22H,4-7,12-17H2,1-3H3. The predicted molar refractivity (Wildman–Crippen MR) is 101 cm³/mol. The van der Waals surface area contributed by atoms with E-state index in [-0.39, 0.29) is 0 Å². The van der Waals surface area contributed by atoms with E-state index in [1.807, 2.05) is 0 Å². The molecule has 1 aliphatic rings. The number of benzene rings is 1. The summed E-state index contributed by atoms with van der Waals surface area (Å²) in [4.78, 5) is 2.23. The van der Waals surface area contributed by atoms with E-state index in [9.17, 15) is 0 Å². The van der Waals surface area contributed by atoms with E-state index in [2.05, 4.69) is 55.5 Å². The van der Waals surface area contributed by atoms with Crippen molar-refractivity contribution in [3.63, 3.8) is 0 Å². The molecule has 2 heteroatoms. The summed E-state index contributed by atoms with van der Waals surface area (Å²) in [6.07, 6.45) is 10.8. The highest BCUT2D eigenvalue weighted by molar-refractivity contribution is 5.25. The average Bonchev–Trinajstić information content (AvgIpc) is 2.55. The number of hydrogen-bond acceptors (Lipinski definition) is 2. The highest BCUT2D eigenvalue weighted by atomic mass is 15.0. The van der Waals surface area contributed by atoms with Crippen molar-refractivity contribution in [2.75, 3.05) is 20.6 Å². The van der Waals surface area contributed by atoms with Crippen molar-refractivity contribution in [1.29, 1.82) is 0 Å². The highest BCUT2D eigenvalue weighted by Gasteiger charge is 2.21. The Morgan fingerprint density at radius 1 is 0.957 bits per heavy atom. The molecule has 2 rings (SSSR count). The van der Waals surface area contributed by atoms with Gasteiger partial charge in [0.1, 0.15) is 0 Å². The van der Waals surface area contributed by atoms with Crippen LogP contribution in [0.4, 0.5) is 0 Å². The molecule has 2 nitrogen and oxygen atoms in total. The maximum Gasteiger partial charge on any atom is 0.0227 e. The smallest absolute Gasteiger partial charge is 0.0227 e. The average molecular weight is 317 g/mol. The minimum Gasteiger partial charge on any atom is -0.314 e. The molecule has 130 valence electrons. The number of nitrogens with zero attached hydrogens (tertiary/aromatic N) is 1. The molecule has 0 unspecified atom stereocenters. The lowest BCUT2D eigenvalue weighted by Crippen LogP contribution is -2.33. The molecule has 0 aromatic heterocycles. The molecule has 23 heavy (non-hydrogen) atoms. The molecule has 0 heterocycles. The summed E-state index contributed by atoms with van der Waals surface area (Å²) < 4.78 is 0. The van der Waals surface area contributed by atoms with E-state index in [4.69, 9.17) is 0 Å². The van der Waals surface area contributed by atoms with Crippen LogP contribution in [0.5, 0.6) is 0 Å². The molecule has 1 aromatic rings. The molecule has 1 fully saturated rings. The molecule has 0 atom stereocenters. The molecule has 1 aliphatic carbocycles. The van der Waals surface area contributed by atoms with Gasteiger partial charge < -0.3 is 10.2 Å². The number of rotatable bonds is 9. The zero-order valence-electron chi connectivity index (χ0n) is 15.5. The summed E-state index contributed by atoms with van der Waals surface area (Å²) in [7, 11) is 4.26. The van der Waals surface area contributed by atoms with Gasteiger partial charge in [-0.05, 0) is 69.8 Å². The van der Waals surface area contributed by atoms with Crippen LogP contribution in [0.15, 0.2) is 24.3 Å². The zero-order valence-corrected chi connectivity index (χ0v) is 15.5. The summed E-state index contributed by atoms with van der Waals surface area (Å²) in [5.74, 6) is 0.779. The first-order valence-electron chi connectivity index (χ1n) is 9.66. The SMILES string of the molecule is CCCCCCNC1CCC(c2ccc(CN(C)C)cc2)CC1. The van der Waals surface area contributed by atoms with Gasteiger partial charge in [-0.2, -0.15) is 0 Å².